The lowest BCUT2D eigenvalue weighted by molar-refractivity contribution is 0.329. The summed E-state index contributed by atoms with van der Waals surface area (Å²) < 4.78 is 2.33. The van der Waals surface area contributed by atoms with Gasteiger partial charge in [0.05, 0.1) is 21.4 Å². The van der Waals surface area contributed by atoms with Gasteiger partial charge in [0.1, 0.15) is 5.82 Å². The molecule has 2 nitrogen and oxygen atoms in total. The minimum Gasteiger partial charge on any atom is -0.322 e. The van der Waals surface area contributed by atoms with Crippen molar-refractivity contribution in [1.29, 1.82) is 0 Å². The largest absolute Gasteiger partial charge is 0.322 e. The summed E-state index contributed by atoms with van der Waals surface area (Å²) in [4.78, 5) is 4.75. The molecule has 1 aliphatic carbocycles. The minimum absolute atomic E-state index is 0.110. The third kappa shape index (κ3) is 2.47. The number of rotatable bonds is 3. The van der Waals surface area contributed by atoms with Crippen LogP contribution in [0.15, 0.2) is 18.2 Å². The molecule has 4 heteroatoms. The van der Waals surface area contributed by atoms with Gasteiger partial charge in [-0.05, 0) is 43.7 Å². The molecule has 1 fully saturated rings. The van der Waals surface area contributed by atoms with Crippen molar-refractivity contribution in [3.8, 4) is 0 Å². The summed E-state index contributed by atoms with van der Waals surface area (Å²) in [6.07, 6.45) is 3.71. The Hall–Kier alpha value is -0.730. The normalized spacial score (nSPS) is 27.4. The SMILES string of the molecule is CCC1CCC(n2c(C(C)Cl)nc3cccc(Cl)c32)C1C. The summed E-state index contributed by atoms with van der Waals surface area (Å²) in [5, 5.41) is 0.664. The summed E-state index contributed by atoms with van der Waals surface area (Å²) in [7, 11) is 0. The molecule has 1 aromatic carbocycles. The van der Waals surface area contributed by atoms with E-state index in [4.69, 9.17) is 28.2 Å². The van der Waals surface area contributed by atoms with Gasteiger partial charge in [0.2, 0.25) is 0 Å². The van der Waals surface area contributed by atoms with Crippen molar-refractivity contribution in [3.05, 3.63) is 29.0 Å². The van der Waals surface area contributed by atoms with Gasteiger partial charge in [-0.3, -0.25) is 0 Å². The van der Waals surface area contributed by atoms with Crippen LogP contribution in [0.2, 0.25) is 5.02 Å². The van der Waals surface area contributed by atoms with Crippen LogP contribution < -0.4 is 0 Å². The first-order valence-electron chi connectivity index (χ1n) is 7.85. The summed E-state index contributed by atoms with van der Waals surface area (Å²) >= 11 is 12.9. The van der Waals surface area contributed by atoms with E-state index in [1.54, 1.807) is 0 Å². The molecule has 1 heterocycles. The van der Waals surface area contributed by atoms with Crippen LogP contribution in [0.1, 0.15) is 57.3 Å². The summed E-state index contributed by atoms with van der Waals surface area (Å²) in [6.45, 7) is 6.63. The number of halogens is 2. The number of fused-ring (bicyclic) bond motifs is 1. The number of nitrogens with zero attached hydrogens (tertiary/aromatic N) is 2. The number of hydrogen-bond acceptors (Lipinski definition) is 1. The Balaban J connectivity index is 2.18. The van der Waals surface area contributed by atoms with Gasteiger partial charge in [0, 0.05) is 6.04 Å². The molecule has 0 radical (unpaired) electrons. The molecule has 0 bridgehead atoms. The van der Waals surface area contributed by atoms with Crippen molar-refractivity contribution in [1.82, 2.24) is 9.55 Å². The fourth-order valence-electron chi connectivity index (χ4n) is 3.91. The molecule has 0 spiro atoms. The Morgan fingerprint density at radius 3 is 2.76 bits per heavy atom. The zero-order chi connectivity index (χ0) is 15.1. The molecule has 4 unspecified atom stereocenters. The average molecular weight is 325 g/mol. The van der Waals surface area contributed by atoms with Crippen LogP contribution >= 0.6 is 23.2 Å². The summed E-state index contributed by atoms with van der Waals surface area (Å²) in [5.74, 6) is 2.37. The van der Waals surface area contributed by atoms with Crippen LogP contribution in [0.4, 0.5) is 0 Å². The van der Waals surface area contributed by atoms with Crippen molar-refractivity contribution in [2.24, 2.45) is 11.8 Å². The first-order chi connectivity index (χ1) is 10.0. The molecular weight excluding hydrogens is 303 g/mol. The van der Waals surface area contributed by atoms with Gasteiger partial charge in [-0.2, -0.15) is 0 Å². The van der Waals surface area contributed by atoms with E-state index in [-0.39, 0.29) is 5.38 Å². The standard InChI is InChI=1S/C17H22Cl2N2/c1-4-12-8-9-15(10(12)2)21-16-13(19)6-5-7-14(16)20-17(21)11(3)18/h5-7,10-12,15H,4,8-9H2,1-3H3. The molecule has 0 amide bonds. The first-order valence-corrected chi connectivity index (χ1v) is 8.66. The van der Waals surface area contributed by atoms with Crippen LogP contribution in [0.3, 0.4) is 0 Å². The fourth-order valence-corrected chi connectivity index (χ4v) is 4.32. The number of alkyl halides is 1. The monoisotopic (exact) mass is 324 g/mol. The Labute approximate surface area is 136 Å². The molecule has 1 aliphatic rings. The maximum atomic E-state index is 6.47. The fraction of sp³-hybridized carbons (Fsp3) is 0.588. The second-order valence-corrected chi connectivity index (χ2v) is 7.30. The predicted molar refractivity (Wildman–Crippen MR) is 90.2 cm³/mol. The predicted octanol–water partition coefficient (Wildman–Crippen LogP) is 5.99. The average Bonchev–Trinajstić information content (AvgIpc) is 3.00. The van der Waals surface area contributed by atoms with Crippen LogP contribution in [0, 0.1) is 11.8 Å². The van der Waals surface area contributed by atoms with Gasteiger partial charge in [-0.25, -0.2) is 4.98 Å². The number of para-hydroxylation sites is 1. The Kier molecular flexibility index (Phi) is 4.20. The second-order valence-electron chi connectivity index (χ2n) is 6.24. The van der Waals surface area contributed by atoms with E-state index in [0.717, 1.165) is 27.8 Å². The van der Waals surface area contributed by atoms with Gasteiger partial charge in [0.25, 0.3) is 0 Å². The highest BCUT2D eigenvalue weighted by Crippen LogP contribution is 2.45. The van der Waals surface area contributed by atoms with Crippen LogP contribution in [0.25, 0.3) is 11.0 Å². The maximum absolute atomic E-state index is 6.47. The summed E-state index contributed by atoms with van der Waals surface area (Å²) in [5.41, 5.74) is 2.01. The van der Waals surface area contributed by atoms with Gasteiger partial charge < -0.3 is 4.57 Å². The molecule has 3 rings (SSSR count). The van der Waals surface area contributed by atoms with Crippen molar-refractivity contribution in [3.63, 3.8) is 0 Å². The van der Waals surface area contributed by atoms with E-state index in [2.05, 4.69) is 18.4 Å². The molecule has 0 aliphatic heterocycles. The van der Waals surface area contributed by atoms with Gasteiger partial charge in [0.15, 0.2) is 0 Å². The number of imidazole rings is 1. The van der Waals surface area contributed by atoms with Crippen LogP contribution in [-0.4, -0.2) is 9.55 Å². The van der Waals surface area contributed by atoms with Crippen molar-refractivity contribution in [2.75, 3.05) is 0 Å². The zero-order valence-corrected chi connectivity index (χ0v) is 14.3. The number of benzene rings is 1. The Morgan fingerprint density at radius 2 is 2.14 bits per heavy atom. The molecule has 21 heavy (non-hydrogen) atoms. The molecule has 0 N–H and O–H groups in total. The van der Waals surface area contributed by atoms with Gasteiger partial charge in [-0.1, -0.05) is 37.9 Å². The highest BCUT2D eigenvalue weighted by atomic mass is 35.5. The second kappa shape index (κ2) is 5.81. The van der Waals surface area contributed by atoms with Crippen molar-refractivity contribution in [2.45, 2.75) is 51.5 Å². The van der Waals surface area contributed by atoms with Gasteiger partial charge in [-0.15, -0.1) is 11.6 Å². The number of hydrogen-bond donors (Lipinski definition) is 0. The van der Waals surface area contributed by atoms with Crippen LogP contribution in [-0.2, 0) is 0 Å². The highest BCUT2D eigenvalue weighted by molar-refractivity contribution is 6.35. The van der Waals surface area contributed by atoms with Crippen molar-refractivity contribution >= 4 is 34.2 Å². The number of aromatic nitrogens is 2. The Morgan fingerprint density at radius 1 is 1.38 bits per heavy atom. The lowest BCUT2D eigenvalue weighted by Gasteiger charge is -2.24. The Bertz CT molecular complexity index is 648. The van der Waals surface area contributed by atoms with Gasteiger partial charge >= 0.3 is 0 Å². The summed E-state index contributed by atoms with van der Waals surface area (Å²) in [6, 6.07) is 6.38. The molecule has 0 saturated heterocycles. The van der Waals surface area contributed by atoms with E-state index < -0.39 is 0 Å². The molecule has 1 aromatic heterocycles. The third-order valence-corrected chi connectivity index (χ3v) is 5.58. The minimum atomic E-state index is -0.110. The van der Waals surface area contributed by atoms with Crippen LogP contribution in [0.5, 0.6) is 0 Å². The zero-order valence-electron chi connectivity index (χ0n) is 12.8. The smallest absolute Gasteiger partial charge is 0.128 e. The first kappa shape index (κ1) is 15.2. The molecule has 4 atom stereocenters. The lowest BCUT2D eigenvalue weighted by Crippen LogP contribution is -2.18. The van der Waals surface area contributed by atoms with E-state index >= 15 is 0 Å². The van der Waals surface area contributed by atoms with E-state index in [9.17, 15) is 0 Å². The molecular formula is C17H22Cl2N2. The quantitative estimate of drug-likeness (QED) is 0.634. The topological polar surface area (TPSA) is 17.8 Å². The molecule has 1 saturated carbocycles. The third-order valence-electron chi connectivity index (χ3n) is 5.08. The highest BCUT2D eigenvalue weighted by Gasteiger charge is 2.35. The van der Waals surface area contributed by atoms with Crippen molar-refractivity contribution < 1.29 is 0 Å². The molecule has 2 aromatic rings. The van der Waals surface area contributed by atoms with E-state index in [0.29, 0.717) is 12.0 Å². The van der Waals surface area contributed by atoms with E-state index in [1.165, 1.54) is 19.3 Å². The lowest BCUT2D eigenvalue weighted by atomic mass is 9.93. The maximum Gasteiger partial charge on any atom is 0.128 e. The molecule has 114 valence electrons. The van der Waals surface area contributed by atoms with E-state index in [1.807, 2.05) is 25.1 Å².